The predicted octanol–water partition coefficient (Wildman–Crippen LogP) is 4.49. The van der Waals surface area contributed by atoms with Crippen LogP contribution in [0.1, 0.15) is 30.6 Å². The van der Waals surface area contributed by atoms with Gasteiger partial charge in [0.1, 0.15) is 0 Å². The average Bonchev–Trinajstić information content (AvgIpc) is 2.93. The number of thiophene rings is 1. The van der Waals surface area contributed by atoms with Gasteiger partial charge in [0.15, 0.2) is 0 Å². The van der Waals surface area contributed by atoms with E-state index in [4.69, 9.17) is 0 Å². The van der Waals surface area contributed by atoms with Crippen LogP contribution in [0.15, 0.2) is 17.5 Å². The lowest BCUT2D eigenvalue weighted by atomic mass is 9.72. The van der Waals surface area contributed by atoms with Crippen LogP contribution in [-0.2, 0) is 6.42 Å². The maximum absolute atomic E-state index is 3.79. The van der Waals surface area contributed by atoms with Gasteiger partial charge in [0.05, 0.1) is 0 Å². The third-order valence-corrected chi connectivity index (χ3v) is 6.47. The van der Waals surface area contributed by atoms with Crippen molar-refractivity contribution >= 4 is 27.3 Å². The molecule has 0 aliphatic heterocycles. The Balaban J connectivity index is 1.82. The van der Waals surface area contributed by atoms with Gasteiger partial charge in [-0.05, 0) is 54.4 Å². The zero-order valence-electron chi connectivity index (χ0n) is 8.92. The topological polar surface area (TPSA) is 0 Å². The molecule has 2 aliphatic carbocycles. The normalized spacial score (nSPS) is 38.7. The third-order valence-electron chi connectivity index (χ3n) is 4.47. The summed E-state index contributed by atoms with van der Waals surface area (Å²) >= 11 is 5.72. The quantitative estimate of drug-likeness (QED) is 0.718. The largest absolute Gasteiger partial charge is 0.149 e. The highest BCUT2D eigenvalue weighted by Gasteiger charge is 2.49. The molecule has 0 spiro atoms. The van der Waals surface area contributed by atoms with Crippen LogP contribution in [0.25, 0.3) is 0 Å². The second-order valence-corrected chi connectivity index (χ2v) is 6.93. The molecular formula is C13H17BrS. The van der Waals surface area contributed by atoms with Gasteiger partial charge in [-0.25, -0.2) is 0 Å². The van der Waals surface area contributed by atoms with E-state index < -0.39 is 0 Å². The first-order chi connectivity index (χ1) is 7.32. The van der Waals surface area contributed by atoms with Gasteiger partial charge < -0.3 is 0 Å². The fraction of sp³-hybridized carbons (Fsp3) is 0.692. The zero-order chi connectivity index (χ0) is 10.3. The summed E-state index contributed by atoms with van der Waals surface area (Å²) < 4.78 is 0. The molecule has 1 heterocycles. The predicted molar refractivity (Wildman–Crippen MR) is 69.7 cm³/mol. The molecule has 2 aliphatic rings. The molecule has 3 rings (SSSR count). The molecule has 1 aromatic rings. The summed E-state index contributed by atoms with van der Waals surface area (Å²) in [6.45, 7) is 0. The molecule has 1 aromatic heterocycles. The first kappa shape index (κ1) is 10.3. The fourth-order valence-electron chi connectivity index (χ4n) is 3.75. The number of rotatable bonds is 3. The number of fused-ring (bicyclic) bond motifs is 2. The highest BCUT2D eigenvalue weighted by molar-refractivity contribution is 9.09. The molecule has 0 aromatic carbocycles. The molecule has 2 bridgehead atoms. The molecule has 0 N–H and O–H groups in total. The van der Waals surface area contributed by atoms with Gasteiger partial charge in [0, 0.05) is 10.2 Å². The van der Waals surface area contributed by atoms with Gasteiger partial charge in [-0.15, -0.1) is 11.3 Å². The van der Waals surface area contributed by atoms with E-state index in [1.54, 1.807) is 4.88 Å². The standard InChI is InChI=1S/C13H17BrS/c14-9-13(8-12-2-1-5-15-12)7-10-3-4-11(13)6-10/h1-2,5,10-11H,3-4,6-9H2. The Morgan fingerprint density at radius 3 is 2.93 bits per heavy atom. The number of hydrogen-bond acceptors (Lipinski definition) is 1. The van der Waals surface area contributed by atoms with Crippen molar-refractivity contribution in [2.24, 2.45) is 17.3 Å². The summed E-state index contributed by atoms with van der Waals surface area (Å²) in [5, 5.41) is 3.42. The smallest absolute Gasteiger partial charge is 0.00942 e. The molecule has 2 saturated carbocycles. The van der Waals surface area contributed by atoms with Crippen molar-refractivity contribution < 1.29 is 0 Å². The van der Waals surface area contributed by atoms with Gasteiger partial charge in [0.25, 0.3) is 0 Å². The van der Waals surface area contributed by atoms with E-state index in [9.17, 15) is 0 Å². The summed E-state index contributed by atoms with van der Waals surface area (Å²) in [4.78, 5) is 1.59. The fourth-order valence-corrected chi connectivity index (χ4v) is 5.49. The van der Waals surface area contributed by atoms with E-state index in [1.807, 2.05) is 11.3 Å². The molecular weight excluding hydrogens is 268 g/mol. The Bertz CT molecular complexity index is 332. The van der Waals surface area contributed by atoms with Crippen molar-refractivity contribution in [1.29, 1.82) is 0 Å². The van der Waals surface area contributed by atoms with Gasteiger partial charge in [0.2, 0.25) is 0 Å². The summed E-state index contributed by atoms with van der Waals surface area (Å²) in [6, 6.07) is 4.50. The van der Waals surface area contributed by atoms with Crippen LogP contribution in [0.3, 0.4) is 0 Å². The van der Waals surface area contributed by atoms with Gasteiger partial charge >= 0.3 is 0 Å². The summed E-state index contributed by atoms with van der Waals surface area (Å²) in [5.74, 6) is 2.05. The van der Waals surface area contributed by atoms with E-state index in [-0.39, 0.29) is 0 Å². The highest BCUT2D eigenvalue weighted by Crippen LogP contribution is 2.58. The number of hydrogen-bond donors (Lipinski definition) is 0. The van der Waals surface area contributed by atoms with Crippen molar-refractivity contribution in [3.8, 4) is 0 Å². The van der Waals surface area contributed by atoms with Gasteiger partial charge in [-0.2, -0.15) is 0 Å². The Labute approximate surface area is 104 Å². The van der Waals surface area contributed by atoms with E-state index in [2.05, 4.69) is 33.4 Å². The molecule has 3 atom stereocenters. The van der Waals surface area contributed by atoms with E-state index in [1.165, 1.54) is 37.4 Å². The SMILES string of the molecule is BrCC1(Cc2cccs2)CC2CCC1C2. The molecule has 2 heteroatoms. The minimum atomic E-state index is 0.605. The van der Waals surface area contributed by atoms with Gasteiger partial charge in [-0.1, -0.05) is 28.4 Å². The van der Waals surface area contributed by atoms with E-state index in [0.717, 1.165) is 11.8 Å². The number of halogens is 1. The summed E-state index contributed by atoms with van der Waals surface area (Å²) in [7, 11) is 0. The maximum Gasteiger partial charge on any atom is 0.00942 e. The molecule has 2 fully saturated rings. The van der Waals surface area contributed by atoms with Crippen molar-refractivity contribution in [3.05, 3.63) is 22.4 Å². The summed E-state index contributed by atoms with van der Waals surface area (Å²) in [5.41, 5.74) is 0.605. The van der Waals surface area contributed by atoms with Crippen LogP contribution in [0.5, 0.6) is 0 Å². The molecule has 0 nitrogen and oxygen atoms in total. The van der Waals surface area contributed by atoms with Crippen molar-refractivity contribution in [3.63, 3.8) is 0 Å². The molecule has 0 saturated heterocycles. The van der Waals surface area contributed by atoms with E-state index in [0.29, 0.717) is 5.41 Å². The lowest BCUT2D eigenvalue weighted by molar-refractivity contribution is 0.198. The van der Waals surface area contributed by atoms with Crippen LogP contribution in [0.2, 0.25) is 0 Å². The minimum Gasteiger partial charge on any atom is -0.149 e. The Kier molecular flexibility index (Phi) is 2.68. The average molecular weight is 285 g/mol. The van der Waals surface area contributed by atoms with Crippen molar-refractivity contribution in [2.75, 3.05) is 5.33 Å². The lowest BCUT2D eigenvalue weighted by Gasteiger charge is -2.36. The second-order valence-electron chi connectivity index (χ2n) is 5.33. The van der Waals surface area contributed by atoms with Crippen LogP contribution in [-0.4, -0.2) is 5.33 Å². The first-order valence-electron chi connectivity index (χ1n) is 5.91. The van der Waals surface area contributed by atoms with Crippen LogP contribution < -0.4 is 0 Å². The summed E-state index contributed by atoms with van der Waals surface area (Å²) in [6.07, 6.45) is 7.29. The van der Waals surface area contributed by atoms with Gasteiger partial charge in [-0.3, -0.25) is 0 Å². The highest BCUT2D eigenvalue weighted by atomic mass is 79.9. The Morgan fingerprint density at radius 2 is 2.40 bits per heavy atom. The van der Waals surface area contributed by atoms with E-state index >= 15 is 0 Å². The zero-order valence-corrected chi connectivity index (χ0v) is 11.3. The molecule has 82 valence electrons. The minimum absolute atomic E-state index is 0.605. The van der Waals surface area contributed by atoms with Crippen LogP contribution >= 0.6 is 27.3 Å². The Morgan fingerprint density at radius 1 is 1.47 bits per heavy atom. The molecule has 15 heavy (non-hydrogen) atoms. The van der Waals surface area contributed by atoms with Crippen molar-refractivity contribution in [2.45, 2.75) is 32.1 Å². The number of alkyl halides is 1. The third kappa shape index (κ3) is 1.70. The second kappa shape index (κ2) is 3.89. The lowest BCUT2D eigenvalue weighted by Crippen LogP contribution is -2.31. The molecule has 3 unspecified atom stereocenters. The maximum atomic E-state index is 3.79. The molecule has 0 amide bonds. The first-order valence-corrected chi connectivity index (χ1v) is 7.91. The Hall–Kier alpha value is 0.180. The van der Waals surface area contributed by atoms with Crippen LogP contribution in [0.4, 0.5) is 0 Å². The monoisotopic (exact) mass is 284 g/mol. The van der Waals surface area contributed by atoms with Crippen molar-refractivity contribution in [1.82, 2.24) is 0 Å². The molecule has 0 radical (unpaired) electrons. The van der Waals surface area contributed by atoms with Crippen LogP contribution in [0, 0.1) is 17.3 Å².